The third-order valence-electron chi connectivity index (χ3n) is 5.55. The summed E-state index contributed by atoms with van der Waals surface area (Å²) in [5.74, 6) is -0.186. The molecule has 0 aliphatic carbocycles. The molecule has 2 aromatic rings. The highest BCUT2D eigenvalue weighted by molar-refractivity contribution is 5.69. The molecule has 3 N–H and O–H groups in total. The van der Waals surface area contributed by atoms with E-state index in [0.29, 0.717) is 43.1 Å². The molecule has 2 aromatic carbocycles. The smallest absolute Gasteiger partial charge is 0.416 e. The van der Waals surface area contributed by atoms with Gasteiger partial charge >= 0.3 is 12.1 Å². The first kappa shape index (κ1) is 30.7. The maximum atomic E-state index is 12.5. The van der Waals surface area contributed by atoms with Crippen LogP contribution in [0.1, 0.15) is 61.0 Å². The van der Waals surface area contributed by atoms with Crippen molar-refractivity contribution in [1.82, 2.24) is 5.32 Å². The Labute approximate surface area is 215 Å². The number of ether oxygens (including phenoxy) is 3. The summed E-state index contributed by atoms with van der Waals surface area (Å²) in [6, 6.07) is 9.79. The van der Waals surface area contributed by atoms with Gasteiger partial charge in [-0.05, 0) is 54.8 Å². The number of aliphatic hydroxyl groups excluding tert-OH is 2. The molecule has 0 radical (unpaired) electrons. The summed E-state index contributed by atoms with van der Waals surface area (Å²) in [7, 11) is 0. The molecule has 10 heteroatoms. The van der Waals surface area contributed by atoms with Crippen molar-refractivity contribution in [2.75, 3.05) is 32.9 Å². The van der Waals surface area contributed by atoms with Crippen LogP contribution in [-0.4, -0.2) is 49.1 Å². The Morgan fingerprint density at radius 3 is 2.35 bits per heavy atom. The molecule has 0 bridgehead atoms. The highest BCUT2D eigenvalue weighted by Gasteiger charge is 2.29. The molecule has 0 aromatic heterocycles. The summed E-state index contributed by atoms with van der Waals surface area (Å²) in [6.45, 7) is 3.78. The molecule has 206 valence electrons. The minimum atomic E-state index is -4.33. The predicted molar refractivity (Wildman–Crippen MR) is 132 cm³/mol. The minimum Gasteiger partial charge on any atom is -0.426 e. The maximum Gasteiger partial charge on any atom is 0.416 e. The SMILES string of the molecule is CC(=O)Oc1ccc(C(O)CNCCCCCCOCCOCc2ccc(C(F)(F)F)cc2)cc1CO. The van der Waals surface area contributed by atoms with Crippen LogP contribution in [0.15, 0.2) is 42.5 Å². The lowest BCUT2D eigenvalue weighted by molar-refractivity contribution is -0.137. The lowest BCUT2D eigenvalue weighted by Crippen LogP contribution is -2.22. The van der Waals surface area contributed by atoms with Crippen LogP contribution >= 0.6 is 0 Å². The van der Waals surface area contributed by atoms with Gasteiger partial charge in [-0.3, -0.25) is 4.79 Å². The fourth-order valence-electron chi connectivity index (χ4n) is 3.55. The zero-order chi connectivity index (χ0) is 27.1. The summed E-state index contributed by atoms with van der Waals surface area (Å²) < 4.78 is 53.6. The molecule has 0 aliphatic heterocycles. The Morgan fingerprint density at radius 2 is 1.68 bits per heavy atom. The van der Waals surface area contributed by atoms with Crippen LogP contribution in [0.5, 0.6) is 5.75 Å². The van der Waals surface area contributed by atoms with Gasteiger partial charge in [0, 0.05) is 25.6 Å². The average Bonchev–Trinajstić information content (AvgIpc) is 2.86. The van der Waals surface area contributed by atoms with Gasteiger partial charge in [0.25, 0.3) is 0 Å². The van der Waals surface area contributed by atoms with E-state index in [0.717, 1.165) is 44.4 Å². The summed E-state index contributed by atoms with van der Waals surface area (Å²) in [6.07, 6.45) is -1.18. The Morgan fingerprint density at radius 1 is 0.973 bits per heavy atom. The Kier molecular flexibility index (Phi) is 13.6. The number of esters is 1. The van der Waals surface area contributed by atoms with E-state index in [1.54, 1.807) is 18.2 Å². The zero-order valence-corrected chi connectivity index (χ0v) is 21.1. The first-order valence-corrected chi connectivity index (χ1v) is 12.3. The predicted octanol–water partition coefficient (Wildman–Crippen LogP) is 4.54. The normalized spacial score (nSPS) is 12.5. The molecule has 0 saturated heterocycles. The van der Waals surface area contributed by atoms with Gasteiger partial charge in [0.05, 0.1) is 38.1 Å². The van der Waals surface area contributed by atoms with E-state index in [9.17, 15) is 28.2 Å². The molecule has 0 aliphatic rings. The van der Waals surface area contributed by atoms with Crippen molar-refractivity contribution in [2.24, 2.45) is 0 Å². The van der Waals surface area contributed by atoms with Gasteiger partial charge in [-0.2, -0.15) is 13.2 Å². The van der Waals surface area contributed by atoms with Gasteiger partial charge < -0.3 is 29.7 Å². The molecular formula is C27H36F3NO6. The Bertz CT molecular complexity index is 937. The van der Waals surface area contributed by atoms with E-state index < -0.39 is 23.8 Å². The number of aliphatic hydroxyl groups is 2. The Hall–Kier alpha value is -2.50. The van der Waals surface area contributed by atoms with E-state index in [4.69, 9.17) is 14.2 Å². The lowest BCUT2D eigenvalue weighted by atomic mass is 10.1. The fourth-order valence-corrected chi connectivity index (χ4v) is 3.55. The van der Waals surface area contributed by atoms with E-state index >= 15 is 0 Å². The third kappa shape index (κ3) is 12.1. The average molecular weight is 528 g/mol. The largest absolute Gasteiger partial charge is 0.426 e. The number of unbranched alkanes of at least 4 members (excludes halogenated alkanes) is 3. The molecule has 37 heavy (non-hydrogen) atoms. The summed E-state index contributed by atoms with van der Waals surface area (Å²) >= 11 is 0. The van der Waals surface area contributed by atoms with Crippen LogP contribution in [0.3, 0.4) is 0 Å². The van der Waals surface area contributed by atoms with Crippen LogP contribution in [-0.2, 0) is 33.7 Å². The summed E-state index contributed by atoms with van der Waals surface area (Å²) in [4.78, 5) is 11.1. The number of alkyl halides is 3. The third-order valence-corrected chi connectivity index (χ3v) is 5.55. The number of hydrogen-bond acceptors (Lipinski definition) is 7. The number of rotatable bonds is 17. The van der Waals surface area contributed by atoms with Crippen molar-refractivity contribution in [2.45, 2.75) is 58.1 Å². The second kappa shape index (κ2) is 16.4. The highest BCUT2D eigenvalue weighted by atomic mass is 19.4. The van der Waals surface area contributed by atoms with E-state index in [-0.39, 0.29) is 19.0 Å². The minimum absolute atomic E-state index is 0.241. The first-order valence-electron chi connectivity index (χ1n) is 12.3. The quantitative estimate of drug-likeness (QED) is 0.158. The van der Waals surface area contributed by atoms with Crippen LogP contribution < -0.4 is 10.1 Å². The summed E-state index contributed by atoms with van der Waals surface area (Å²) in [5.41, 5.74) is 1.09. The maximum absolute atomic E-state index is 12.5. The molecular weight excluding hydrogens is 491 g/mol. The molecule has 7 nitrogen and oxygen atoms in total. The lowest BCUT2D eigenvalue weighted by Gasteiger charge is -2.15. The fraction of sp³-hybridized carbons (Fsp3) is 0.519. The number of halogens is 3. The Balaban J connectivity index is 1.45. The van der Waals surface area contributed by atoms with Crippen molar-refractivity contribution in [3.8, 4) is 5.75 Å². The van der Waals surface area contributed by atoms with Gasteiger partial charge in [-0.25, -0.2) is 0 Å². The standard InChI is InChI=1S/C27H36F3NO6/c1-20(33)37-26-11-8-22(16-23(26)18-32)25(34)17-31-12-4-2-3-5-13-35-14-15-36-19-21-6-9-24(10-7-21)27(28,29)30/h6-11,16,25,31-32,34H,2-5,12-15,17-19H2,1H3. The first-order chi connectivity index (χ1) is 17.7. The number of benzene rings is 2. The van der Waals surface area contributed by atoms with Gasteiger partial charge in [0.15, 0.2) is 0 Å². The van der Waals surface area contributed by atoms with E-state index in [1.165, 1.54) is 19.1 Å². The molecule has 2 rings (SSSR count). The van der Waals surface area contributed by atoms with Crippen molar-refractivity contribution in [3.05, 3.63) is 64.7 Å². The molecule has 1 atom stereocenters. The second-order valence-corrected chi connectivity index (χ2v) is 8.61. The van der Waals surface area contributed by atoms with E-state index in [2.05, 4.69) is 5.32 Å². The topological polar surface area (TPSA) is 97.3 Å². The molecule has 0 saturated carbocycles. The van der Waals surface area contributed by atoms with Crippen molar-refractivity contribution < 1.29 is 42.4 Å². The van der Waals surface area contributed by atoms with Crippen LogP contribution in [0, 0.1) is 0 Å². The monoisotopic (exact) mass is 527 g/mol. The van der Waals surface area contributed by atoms with Crippen LogP contribution in [0.2, 0.25) is 0 Å². The van der Waals surface area contributed by atoms with Gasteiger partial charge in [0.2, 0.25) is 0 Å². The number of carbonyl (C=O) groups is 1. The van der Waals surface area contributed by atoms with Crippen LogP contribution in [0.4, 0.5) is 13.2 Å². The van der Waals surface area contributed by atoms with Gasteiger partial charge in [0.1, 0.15) is 5.75 Å². The number of nitrogens with one attached hydrogen (secondary N) is 1. The van der Waals surface area contributed by atoms with Crippen molar-refractivity contribution >= 4 is 5.97 Å². The molecule has 0 fully saturated rings. The van der Waals surface area contributed by atoms with Crippen molar-refractivity contribution in [3.63, 3.8) is 0 Å². The molecule has 0 amide bonds. The molecule has 0 heterocycles. The number of hydrogen-bond donors (Lipinski definition) is 3. The van der Waals surface area contributed by atoms with Gasteiger partial charge in [-0.1, -0.05) is 31.0 Å². The second-order valence-electron chi connectivity index (χ2n) is 8.61. The van der Waals surface area contributed by atoms with Gasteiger partial charge in [-0.15, -0.1) is 0 Å². The van der Waals surface area contributed by atoms with E-state index in [1.807, 2.05) is 0 Å². The molecule has 0 spiro atoms. The molecule has 1 unspecified atom stereocenters. The number of carbonyl (C=O) groups excluding carboxylic acids is 1. The van der Waals surface area contributed by atoms with Crippen molar-refractivity contribution in [1.29, 1.82) is 0 Å². The summed E-state index contributed by atoms with van der Waals surface area (Å²) in [5, 5.41) is 23.0. The van der Waals surface area contributed by atoms with Crippen LogP contribution in [0.25, 0.3) is 0 Å². The zero-order valence-electron chi connectivity index (χ0n) is 21.1. The highest BCUT2D eigenvalue weighted by Crippen LogP contribution is 2.29.